The maximum absolute atomic E-state index is 14.1. The Hall–Kier alpha value is -2.87. The van der Waals surface area contributed by atoms with Crippen LogP contribution in [0.2, 0.25) is 0 Å². The molecule has 5 heteroatoms. The van der Waals surface area contributed by atoms with E-state index in [0.717, 1.165) is 5.56 Å². The van der Waals surface area contributed by atoms with Gasteiger partial charge in [0.05, 0.1) is 36.9 Å². The molecule has 0 unspecified atom stereocenters. The summed E-state index contributed by atoms with van der Waals surface area (Å²) in [6, 6.07) is 12.2. The fourth-order valence-corrected chi connectivity index (χ4v) is 2.35. The molecular formula is C16H12FN3O. The van der Waals surface area contributed by atoms with Crippen molar-refractivity contribution in [2.24, 2.45) is 0 Å². The number of nitrogens with zero attached hydrogens (tertiary/aromatic N) is 3. The molecule has 3 rings (SSSR count). The summed E-state index contributed by atoms with van der Waals surface area (Å²) in [5.74, 6) is 0.239. The molecule has 104 valence electrons. The van der Waals surface area contributed by atoms with Crippen molar-refractivity contribution in [2.75, 3.05) is 7.11 Å². The summed E-state index contributed by atoms with van der Waals surface area (Å²) in [5, 5.41) is 13.8. The molecule has 4 nitrogen and oxygen atoms in total. The molecule has 2 aromatic carbocycles. The predicted molar refractivity (Wildman–Crippen MR) is 76.5 cm³/mol. The average Bonchev–Trinajstić information content (AvgIpc) is 2.93. The number of hydrogen-bond acceptors (Lipinski definition) is 3. The van der Waals surface area contributed by atoms with E-state index in [0.29, 0.717) is 28.8 Å². The normalized spacial score (nSPS) is 10.5. The zero-order valence-electron chi connectivity index (χ0n) is 11.4. The van der Waals surface area contributed by atoms with Crippen molar-refractivity contribution in [2.45, 2.75) is 6.54 Å². The number of ether oxygens (including phenoxy) is 1. The second-order valence-electron chi connectivity index (χ2n) is 4.63. The van der Waals surface area contributed by atoms with Crippen LogP contribution in [0.4, 0.5) is 4.39 Å². The molecule has 3 aromatic rings. The second-order valence-corrected chi connectivity index (χ2v) is 4.63. The van der Waals surface area contributed by atoms with Crippen LogP contribution in [0.5, 0.6) is 5.75 Å². The molecule has 0 radical (unpaired) electrons. The minimum Gasteiger partial charge on any atom is -0.496 e. The van der Waals surface area contributed by atoms with Gasteiger partial charge in [0.25, 0.3) is 0 Å². The number of fused-ring (bicyclic) bond motifs is 1. The van der Waals surface area contributed by atoms with Gasteiger partial charge in [-0.05, 0) is 29.8 Å². The molecule has 0 saturated heterocycles. The van der Waals surface area contributed by atoms with Gasteiger partial charge >= 0.3 is 0 Å². The Bertz CT molecular complexity index is 848. The number of benzene rings is 2. The van der Waals surface area contributed by atoms with E-state index >= 15 is 0 Å². The van der Waals surface area contributed by atoms with E-state index in [-0.39, 0.29) is 5.82 Å². The molecule has 0 amide bonds. The fourth-order valence-electron chi connectivity index (χ4n) is 2.35. The third-order valence-electron chi connectivity index (χ3n) is 3.32. The van der Waals surface area contributed by atoms with E-state index < -0.39 is 0 Å². The molecule has 0 bridgehead atoms. The minimum absolute atomic E-state index is 0.347. The summed E-state index contributed by atoms with van der Waals surface area (Å²) < 4.78 is 20.9. The standard InChI is InChI=1S/C16H12FN3O/c1-21-15-6-5-14(17)16-13(15)9-19-20(16)10-12-4-2-3-11(7-12)8-18/h2-7,9H,10H2,1H3. The first-order valence-corrected chi connectivity index (χ1v) is 6.40. The zero-order valence-corrected chi connectivity index (χ0v) is 11.4. The fraction of sp³-hybridized carbons (Fsp3) is 0.125. The molecule has 0 saturated carbocycles. The Morgan fingerprint density at radius 1 is 1.33 bits per heavy atom. The molecule has 0 atom stereocenters. The van der Waals surface area contributed by atoms with E-state index in [1.165, 1.54) is 6.07 Å². The Labute approximate surface area is 121 Å². The van der Waals surface area contributed by atoms with Crippen molar-refractivity contribution < 1.29 is 9.13 Å². The highest BCUT2D eigenvalue weighted by molar-refractivity contribution is 5.85. The van der Waals surface area contributed by atoms with Gasteiger partial charge in [0.1, 0.15) is 17.1 Å². The molecule has 0 N–H and O–H groups in total. The Balaban J connectivity index is 2.07. The highest BCUT2D eigenvalue weighted by Crippen LogP contribution is 2.27. The summed E-state index contributed by atoms with van der Waals surface area (Å²) in [6.07, 6.45) is 1.59. The highest BCUT2D eigenvalue weighted by atomic mass is 19.1. The molecule has 0 aliphatic carbocycles. The Morgan fingerprint density at radius 2 is 2.19 bits per heavy atom. The number of nitriles is 1. The van der Waals surface area contributed by atoms with Crippen LogP contribution in [-0.4, -0.2) is 16.9 Å². The van der Waals surface area contributed by atoms with Crippen LogP contribution in [0.1, 0.15) is 11.1 Å². The highest BCUT2D eigenvalue weighted by Gasteiger charge is 2.13. The largest absolute Gasteiger partial charge is 0.496 e. The van der Waals surface area contributed by atoms with Gasteiger partial charge in [-0.15, -0.1) is 0 Å². The summed E-state index contributed by atoms with van der Waals surface area (Å²) in [7, 11) is 1.54. The average molecular weight is 281 g/mol. The second kappa shape index (κ2) is 5.25. The van der Waals surface area contributed by atoms with Crippen LogP contribution < -0.4 is 4.74 Å². The lowest BCUT2D eigenvalue weighted by molar-refractivity contribution is 0.419. The first-order chi connectivity index (χ1) is 10.2. The van der Waals surface area contributed by atoms with Crippen LogP contribution in [0.15, 0.2) is 42.6 Å². The molecule has 1 aromatic heterocycles. The molecule has 0 aliphatic heterocycles. The minimum atomic E-state index is -0.347. The molecule has 1 heterocycles. The van der Waals surface area contributed by atoms with Gasteiger partial charge in [-0.3, -0.25) is 4.68 Å². The molecular weight excluding hydrogens is 269 g/mol. The van der Waals surface area contributed by atoms with E-state index in [9.17, 15) is 4.39 Å². The van der Waals surface area contributed by atoms with Gasteiger partial charge in [-0.25, -0.2) is 4.39 Å². The molecule has 21 heavy (non-hydrogen) atoms. The van der Waals surface area contributed by atoms with Crippen molar-refractivity contribution in [3.8, 4) is 11.8 Å². The van der Waals surface area contributed by atoms with Crippen molar-refractivity contribution >= 4 is 10.9 Å². The zero-order chi connectivity index (χ0) is 14.8. The SMILES string of the molecule is COc1ccc(F)c2c1cnn2Cc1cccc(C#N)c1. The van der Waals surface area contributed by atoms with Gasteiger partial charge in [0, 0.05) is 0 Å². The monoisotopic (exact) mass is 281 g/mol. The summed E-state index contributed by atoms with van der Waals surface area (Å²) >= 11 is 0. The lowest BCUT2D eigenvalue weighted by Gasteiger charge is -2.06. The molecule has 0 spiro atoms. The predicted octanol–water partition coefficient (Wildman–Crippen LogP) is 3.10. The lowest BCUT2D eigenvalue weighted by atomic mass is 10.1. The maximum atomic E-state index is 14.1. The van der Waals surface area contributed by atoms with Crippen molar-refractivity contribution in [1.29, 1.82) is 5.26 Å². The number of methoxy groups -OCH3 is 1. The smallest absolute Gasteiger partial charge is 0.149 e. The van der Waals surface area contributed by atoms with Crippen LogP contribution in [-0.2, 0) is 6.54 Å². The number of hydrogen-bond donors (Lipinski definition) is 0. The topological polar surface area (TPSA) is 50.8 Å². The summed E-state index contributed by atoms with van der Waals surface area (Å²) in [5.41, 5.74) is 1.86. The van der Waals surface area contributed by atoms with Gasteiger partial charge in [-0.2, -0.15) is 10.4 Å². The van der Waals surface area contributed by atoms with Crippen molar-refractivity contribution in [1.82, 2.24) is 9.78 Å². The van der Waals surface area contributed by atoms with Crippen LogP contribution in [0, 0.1) is 17.1 Å². The van der Waals surface area contributed by atoms with Crippen molar-refractivity contribution in [3.63, 3.8) is 0 Å². The van der Waals surface area contributed by atoms with Crippen LogP contribution in [0.25, 0.3) is 10.9 Å². The van der Waals surface area contributed by atoms with Gasteiger partial charge < -0.3 is 4.74 Å². The van der Waals surface area contributed by atoms with Gasteiger partial charge in [-0.1, -0.05) is 12.1 Å². The number of halogens is 1. The molecule has 0 aliphatic rings. The van der Waals surface area contributed by atoms with E-state index in [4.69, 9.17) is 10.00 Å². The first kappa shape index (κ1) is 13.1. The van der Waals surface area contributed by atoms with Crippen LogP contribution >= 0.6 is 0 Å². The Morgan fingerprint density at radius 3 is 2.95 bits per heavy atom. The third kappa shape index (κ3) is 2.32. The number of aromatic nitrogens is 2. The van der Waals surface area contributed by atoms with E-state index in [2.05, 4.69) is 11.2 Å². The third-order valence-corrected chi connectivity index (χ3v) is 3.32. The maximum Gasteiger partial charge on any atom is 0.149 e. The number of rotatable bonds is 3. The van der Waals surface area contributed by atoms with Crippen molar-refractivity contribution in [3.05, 3.63) is 59.5 Å². The first-order valence-electron chi connectivity index (χ1n) is 6.40. The van der Waals surface area contributed by atoms with Gasteiger partial charge in [0.2, 0.25) is 0 Å². The van der Waals surface area contributed by atoms with E-state index in [1.807, 2.05) is 6.07 Å². The van der Waals surface area contributed by atoms with Crippen LogP contribution in [0.3, 0.4) is 0 Å². The lowest BCUT2D eigenvalue weighted by Crippen LogP contribution is -2.03. The van der Waals surface area contributed by atoms with E-state index in [1.54, 1.807) is 42.3 Å². The summed E-state index contributed by atoms with van der Waals surface area (Å²) in [6.45, 7) is 0.392. The van der Waals surface area contributed by atoms with Gasteiger partial charge in [0.15, 0.2) is 0 Å². The molecule has 0 fully saturated rings. The summed E-state index contributed by atoms with van der Waals surface area (Å²) in [4.78, 5) is 0. The quantitative estimate of drug-likeness (QED) is 0.741. The Kier molecular flexibility index (Phi) is 3.28.